The maximum absolute atomic E-state index is 12.8. The maximum Gasteiger partial charge on any atom is 0.342 e. The van der Waals surface area contributed by atoms with Crippen LogP contribution < -0.4 is 9.64 Å². The number of hydrogen-bond acceptors (Lipinski definition) is 4. The number of furan rings is 1. The van der Waals surface area contributed by atoms with Gasteiger partial charge in [-0.05, 0) is 19.4 Å². The number of fused-ring (bicyclic) bond motifs is 6. The monoisotopic (exact) mass is 416 g/mol. The average molecular weight is 416 g/mol. The summed E-state index contributed by atoms with van der Waals surface area (Å²) in [6.07, 6.45) is 0.973. The minimum Gasteiger partial charge on any atom is -0.462 e. The summed E-state index contributed by atoms with van der Waals surface area (Å²) in [7, 11) is 0. The van der Waals surface area contributed by atoms with Crippen LogP contribution >= 0.6 is 0 Å². The summed E-state index contributed by atoms with van der Waals surface area (Å²) in [5, 5.41) is 2.82. The van der Waals surface area contributed by atoms with E-state index in [1.165, 1.54) is 10.5 Å². The smallest absolute Gasteiger partial charge is 0.342 e. The van der Waals surface area contributed by atoms with Gasteiger partial charge in [0.05, 0.1) is 18.7 Å². The van der Waals surface area contributed by atoms with Crippen LogP contribution in [0.5, 0.6) is 5.75 Å². The highest BCUT2D eigenvalue weighted by Crippen LogP contribution is 2.42. The van der Waals surface area contributed by atoms with Gasteiger partial charge in [0, 0.05) is 22.6 Å². The normalized spacial score (nSPS) is 15.6. The Kier molecular flexibility index (Phi) is 5.12. The summed E-state index contributed by atoms with van der Waals surface area (Å²) >= 11 is 0. The summed E-state index contributed by atoms with van der Waals surface area (Å²) in [5.74, 6) is 1.11. The molecule has 5 nitrogen and oxygen atoms in total. The summed E-state index contributed by atoms with van der Waals surface area (Å²) in [6.45, 7) is 6.29. The first-order chi connectivity index (χ1) is 15.2. The van der Waals surface area contributed by atoms with E-state index in [1.807, 2.05) is 38.1 Å². The number of carbonyl (C=O) groups is 1. The largest absolute Gasteiger partial charge is 0.462 e. The van der Waals surface area contributed by atoms with Crippen molar-refractivity contribution >= 4 is 27.7 Å². The summed E-state index contributed by atoms with van der Waals surface area (Å²) in [4.78, 5) is 14.1. The van der Waals surface area contributed by atoms with Crippen molar-refractivity contribution in [3.05, 3.63) is 77.0 Å². The Bertz CT molecular complexity index is 1260. The molecule has 4 aromatic rings. The fraction of sp³-hybridized carbons (Fsp3) is 0.269. The van der Waals surface area contributed by atoms with Gasteiger partial charge in [0.2, 0.25) is 6.73 Å². The van der Waals surface area contributed by atoms with Crippen molar-refractivity contribution < 1.29 is 23.6 Å². The van der Waals surface area contributed by atoms with Crippen LogP contribution in [0.1, 0.15) is 34.2 Å². The molecule has 1 aliphatic rings. The summed E-state index contributed by atoms with van der Waals surface area (Å²) in [6, 6.07) is 18.6. The standard InChI is InChI=1S/C26H25NO4/c1-3-29-26(28)22-17(2)31-25-20-12-8-7-11-19(20)24-21(23(22)25)15-27(16-30-24)14-13-18-9-5-4-6-10-18/h4-12H,3,13-16H2,1-2H3/p+1. The predicted molar refractivity (Wildman–Crippen MR) is 120 cm³/mol. The second kappa shape index (κ2) is 8.08. The molecular weight excluding hydrogens is 390 g/mol. The molecule has 5 heteroatoms. The molecule has 0 aliphatic carbocycles. The van der Waals surface area contributed by atoms with Crippen LogP contribution in [0.2, 0.25) is 0 Å². The lowest BCUT2D eigenvalue weighted by molar-refractivity contribution is -0.932. The molecule has 0 spiro atoms. The molecular formula is C26H26NO4+. The fourth-order valence-corrected chi connectivity index (χ4v) is 4.56. The highest BCUT2D eigenvalue weighted by Gasteiger charge is 2.31. The average Bonchev–Trinajstić information content (AvgIpc) is 3.16. The van der Waals surface area contributed by atoms with Crippen LogP contribution in [0.4, 0.5) is 0 Å². The molecule has 0 saturated carbocycles. The van der Waals surface area contributed by atoms with E-state index >= 15 is 0 Å². The lowest BCUT2D eigenvalue weighted by Gasteiger charge is -2.28. The van der Waals surface area contributed by atoms with E-state index < -0.39 is 0 Å². The minimum atomic E-state index is -0.340. The van der Waals surface area contributed by atoms with Crippen molar-refractivity contribution in [3.8, 4) is 5.75 Å². The van der Waals surface area contributed by atoms with Crippen LogP contribution in [0.15, 0.2) is 59.0 Å². The van der Waals surface area contributed by atoms with Gasteiger partial charge in [0.25, 0.3) is 0 Å². The molecule has 3 aromatic carbocycles. The van der Waals surface area contributed by atoms with Gasteiger partial charge in [0.1, 0.15) is 29.2 Å². The van der Waals surface area contributed by atoms with Crippen molar-refractivity contribution in [1.82, 2.24) is 0 Å². The van der Waals surface area contributed by atoms with Gasteiger partial charge in [-0.1, -0.05) is 54.6 Å². The molecule has 1 unspecified atom stereocenters. The van der Waals surface area contributed by atoms with Gasteiger partial charge in [-0.3, -0.25) is 4.90 Å². The number of aryl methyl sites for hydroxylation is 1. The molecule has 5 rings (SSSR count). The van der Waals surface area contributed by atoms with Gasteiger partial charge in [-0.15, -0.1) is 0 Å². The zero-order valence-electron chi connectivity index (χ0n) is 17.9. The van der Waals surface area contributed by atoms with E-state index in [4.69, 9.17) is 13.9 Å². The van der Waals surface area contributed by atoms with Gasteiger partial charge in [-0.2, -0.15) is 0 Å². The topological polar surface area (TPSA) is 53.1 Å². The highest BCUT2D eigenvalue weighted by molar-refractivity contribution is 6.16. The Hall–Kier alpha value is -3.31. The summed E-state index contributed by atoms with van der Waals surface area (Å²) in [5.41, 5.74) is 3.60. The molecule has 0 saturated heterocycles. The number of rotatable bonds is 5. The Balaban J connectivity index is 1.61. The van der Waals surface area contributed by atoms with Gasteiger partial charge in [0.15, 0.2) is 0 Å². The Morgan fingerprint density at radius 1 is 1.06 bits per heavy atom. The zero-order valence-corrected chi connectivity index (χ0v) is 17.9. The van der Waals surface area contributed by atoms with E-state index in [9.17, 15) is 4.79 Å². The minimum absolute atomic E-state index is 0.325. The first-order valence-corrected chi connectivity index (χ1v) is 10.8. The predicted octanol–water partition coefficient (Wildman–Crippen LogP) is 4.05. The molecule has 2 heterocycles. The number of benzene rings is 3. The van der Waals surface area contributed by atoms with Gasteiger partial charge < -0.3 is 13.9 Å². The molecule has 0 fully saturated rings. The van der Waals surface area contributed by atoms with Crippen molar-refractivity contribution in [1.29, 1.82) is 0 Å². The van der Waals surface area contributed by atoms with Crippen LogP contribution in [0.25, 0.3) is 21.7 Å². The fourth-order valence-electron chi connectivity index (χ4n) is 4.56. The van der Waals surface area contributed by atoms with Crippen LogP contribution in [-0.4, -0.2) is 25.9 Å². The van der Waals surface area contributed by atoms with E-state index in [-0.39, 0.29) is 5.97 Å². The third-order valence-electron chi connectivity index (χ3n) is 6.01. The maximum atomic E-state index is 12.8. The third kappa shape index (κ3) is 3.45. The molecule has 1 aromatic heterocycles. The van der Waals surface area contributed by atoms with Crippen molar-refractivity contribution in [2.45, 2.75) is 26.8 Å². The molecule has 0 amide bonds. The SMILES string of the molecule is CCOC(=O)c1c(C)oc2c1c1c(c3ccccc32)OC[NH+](CCc2ccccc2)C1. The van der Waals surface area contributed by atoms with Crippen LogP contribution in [-0.2, 0) is 17.7 Å². The zero-order chi connectivity index (χ0) is 21.4. The first-order valence-electron chi connectivity index (χ1n) is 10.8. The number of quaternary nitrogens is 1. The molecule has 158 valence electrons. The van der Waals surface area contributed by atoms with E-state index in [0.717, 1.165) is 52.6 Å². The lowest BCUT2D eigenvalue weighted by atomic mass is 9.96. The molecule has 1 aliphatic heterocycles. The van der Waals surface area contributed by atoms with E-state index in [2.05, 4.69) is 30.3 Å². The van der Waals surface area contributed by atoms with Crippen molar-refractivity contribution in [2.75, 3.05) is 19.9 Å². The molecule has 31 heavy (non-hydrogen) atoms. The first kappa shape index (κ1) is 19.6. The second-order valence-electron chi connectivity index (χ2n) is 8.01. The number of esters is 1. The number of ether oxygens (including phenoxy) is 2. The third-order valence-corrected chi connectivity index (χ3v) is 6.01. The number of hydrogen-bond donors (Lipinski definition) is 1. The van der Waals surface area contributed by atoms with Crippen LogP contribution in [0, 0.1) is 6.92 Å². The van der Waals surface area contributed by atoms with E-state index in [0.29, 0.717) is 24.7 Å². The highest BCUT2D eigenvalue weighted by atomic mass is 16.5. The van der Waals surface area contributed by atoms with Gasteiger partial charge >= 0.3 is 5.97 Å². The summed E-state index contributed by atoms with van der Waals surface area (Å²) < 4.78 is 17.8. The lowest BCUT2D eigenvalue weighted by Crippen LogP contribution is -3.12. The van der Waals surface area contributed by atoms with Gasteiger partial charge in [-0.25, -0.2) is 4.79 Å². The Labute approximate surface area is 181 Å². The Morgan fingerprint density at radius 2 is 1.81 bits per heavy atom. The van der Waals surface area contributed by atoms with Crippen molar-refractivity contribution in [3.63, 3.8) is 0 Å². The Morgan fingerprint density at radius 3 is 2.58 bits per heavy atom. The van der Waals surface area contributed by atoms with E-state index in [1.54, 1.807) is 0 Å². The van der Waals surface area contributed by atoms with Crippen molar-refractivity contribution in [2.24, 2.45) is 0 Å². The molecule has 1 atom stereocenters. The molecule has 1 N–H and O–H groups in total. The molecule has 0 radical (unpaired) electrons. The van der Waals surface area contributed by atoms with Crippen LogP contribution in [0.3, 0.4) is 0 Å². The molecule has 0 bridgehead atoms. The number of carbonyl (C=O) groups excluding carboxylic acids is 1. The quantitative estimate of drug-likeness (QED) is 0.499. The second-order valence-corrected chi connectivity index (χ2v) is 8.01. The number of nitrogens with one attached hydrogen (secondary N) is 1.